The van der Waals surface area contributed by atoms with Gasteiger partial charge >= 0.3 is 6.03 Å². The third-order valence-corrected chi connectivity index (χ3v) is 3.24. The monoisotopic (exact) mass is 243 g/mol. The first kappa shape index (κ1) is 14.3. The topological polar surface area (TPSA) is 67.6 Å². The molecule has 1 saturated heterocycles. The van der Waals surface area contributed by atoms with Gasteiger partial charge in [0, 0.05) is 32.8 Å². The van der Waals surface area contributed by atoms with E-state index in [1.807, 2.05) is 4.90 Å². The van der Waals surface area contributed by atoms with Crippen LogP contribution in [0, 0.1) is 5.92 Å². The van der Waals surface area contributed by atoms with Crippen molar-refractivity contribution in [3.63, 3.8) is 0 Å². The van der Waals surface area contributed by atoms with E-state index in [9.17, 15) is 4.79 Å². The summed E-state index contributed by atoms with van der Waals surface area (Å²) in [4.78, 5) is 13.7. The molecule has 2 amide bonds. The number of amides is 2. The SMILES string of the molecule is COCC(N)CCNC(=O)N1CCC(C)CC1. The van der Waals surface area contributed by atoms with Gasteiger partial charge in [-0.3, -0.25) is 0 Å². The Bertz CT molecular complexity index is 228. The molecule has 5 nitrogen and oxygen atoms in total. The first-order chi connectivity index (χ1) is 8.13. The lowest BCUT2D eigenvalue weighted by molar-refractivity contribution is 0.168. The van der Waals surface area contributed by atoms with Gasteiger partial charge in [-0.05, 0) is 25.2 Å². The fourth-order valence-electron chi connectivity index (χ4n) is 1.99. The maximum Gasteiger partial charge on any atom is 0.317 e. The molecule has 0 aromatic carbocycles. The Hall–Kier alpha value is -0.810. The largest absolute Gasteiger partial charge is 0.383 e. The van der Waals surface area contributed by atoms with E-state index in [0.717, 1.165) is 38.3 Å². The van der Waals surface area contributed by atoms with Crippen LogP contribution in [0.15, 0.2) is 0 Å². The molecular formula is C12H25N3O2. The minimum atomic E-state index is 0.00155. The van der Waals surface area contributed by atoms with Gasteiger partial charge in [0.2, 0.25) is 0 Å². The molecule has 1 fully saturated rings. The molecule has 5 heteroatoms. The van der Waals surface area contributed by atoms with E-state index in [0.29, 0.717) is 13.2 Å². The number of piperidine rings is 1. The third kappa shape index (κ3) is 5.37. The maximum atomic E-state index is 11.8. The van der Waals surface area contributed by atoms with E-state index in [2.05, 4.69) is 12.2 Å². The van der Waals surface area contributed by atoms with Gasteiger partial charge in [-0.25, -0.2) is 4.79 Å². The van der Waals surface area contributed by atoms with E-state index >= 15 is 0 Å². The van der Waals surface area contributed by atoms with E-state index in [1.165, 1.54) is 0 Å². The molecule has 1 unspecified atom stereocenters. The Labute approximate surface area is 104 Å². The lowest BCUT2D eigenvalue weighted by Crippen LogP contribution is -2.45. The predicted molar refractivity (Wildman–Crippen MR) is 67.8 cm³/mol. The summed E-state index contributed by atoms with van der Waals surface area (Å²) in [6.07, 6.45) is 2.97. The average Bonchev–Trinajstić information content (AvgIpc) is 2.30. The first-order valence-electron chi connectivity index (χ1n) is 6.40. The molecule has 1 aliphatic heterocycles. The normalized spacial score (nSPS) is 19.1. The lowest BCUT2D eigenvalue weighted by atomic mass is 10.00. The molecule has 0 bridgehead atoms. The number of nitrogens with two attached hydrogens (primary N) is 1. The van der Waals surface area contributed by atoms with Crippen LogP contribution >= 0.6 is 0 Å². The Kier molecular flexibility index (Phi) is 6.29. The van der Waals surface area contributed by atoms with Crippen LogP contribution in [0.2, 0.25) is 0 Å². The molecule has 0 saturated carbocycles. The van der Waals surface area contributed by atoms with Crippen LogP contribution in [0.5, 0.6) is 0 Å². The van der Waals surface area contributed by atoms with Gasteiger partial charge in [-0.2, -0.15) is 0 Å². The van der Waals surface area contributed by atoms with Crippen molar-refractivity contribution in [2.24, 2.45) is 11.7 Å². The second-order valence-electron chi connectivity index (χ2n) is 4.91. The first-order valence-corrected chi connectivity index (χ1v) is 6.40. The molecular weight excluding hydrogens is 218 g/mol. The quantitative estimate of drug-likeness (QED) is 0.750. The number of likely N-dealkylation sites (tertiary alicyclic amines) is 1. The average molecular weight is 243 g/mol. The molecule has 0 spiro atoms. The maximum absolute atomic E-state index is 11.8. The molecule has 0 aromatic rings. The molecule has 1 rings (SSSR count). The Balaban J connectivity index is 2.12. The fourth-order valence-corrected chi connectivity index (χ4v) is 1.99. The molecule has 0 aliphatic carbocycles. The van der Waals surface area contributed by atoms with E-state index < -0.39 is 0 Å². The van der Waals surface area contributed by atoms with Crippen molar-refractivity contribution in [3.8, 4) is 0 Å². The Morgan fingerprint density at radius 3 is 2.76 bits per heavy atom. The van der Waals surface area contributed by atoms with Crippen molar-refractivity contribution in [2.45, 2.75) is 32.2 Å². The lowest BCUT2D eigenvalue weighted by Gasteiger charge is -2.30. The highest BCUT2D eigenvalue weighted by Gasteiger charge is 2.19. The Morgan fingerprint density at radius 2 is 2.18 bits per heavy atom. The molecule has 100 valence electrons. The van der Waals surface area contributed by atoms with Gasteiger partial charge in [0.15, 0.2) is 0 Å². The van der Waals surface area contributed by atoms with Crippen LogP contribution in [0.25, 0.3) is 0 Å². The van der Waals surface area contributed by atoms with Crippen LogP contribution in [-0.4, -0.2) is 50.3 Å². The number of carbonyl (C=O) groups excluding carboxylic acids is 1. The van der Waals surface area contributed by atoms with Crippen molar-refractivity contribution in [3.05, 3.63) is 0 Å². The number of rotatable bonds is 5. The smallest absolute Gasteiger partial charge is 0.317 e. The van der Waals surface area contributed by atoms with E-state index in [-0.39, 0.29) is 12.1 Å². The van der Waals surface area contributed by atoms with Crippen molar-refractivity contribution < 1.29 is 9.53 Å². The zero-order chi connectivity index (χ0) is 12.7. The summed E-state index contributed by atoms with van der Waals surface area (Å²) in [6.45, 7) is 5.14. The number of urea groups is 1. The van der Waals surface area contributed by atoms with Crippen molar-refractivity contribution >= 4 is 6.03 Å². The molecule has 3 N–H and O–H groups in total. The van der Waals surface area contributed by atoms with Crippen LogP contribution in [0.4, 0.5) is 4.79 Å². The third-order valence-electron chi connectivity index (χ3n) is 3.24. The highest BCUT2D eigenvalue weighted by Crippen LogP contribution is 2.15. The zero-order valence-electron chi connectivity index (χ0n) is 10.9. The molecule has 0 radical (unpaired) electrons. The van der Waals surface area contributed by atoms with Gasteiger partial charge in [0.25, 0.3) is 0 Å². The van der Waals surface area contributed by atoms with Crippen molar-refractivity contribution in [1.29, 1.82) is 0 Å². The molecule has 1 atom stereocenters. The van der Waals surface area contributed by atoms with E-state index in [4.69, 9.17) is 10.5 Å². The van der Waals surface area contributed by atoms with Gasteiger partial charge in [-0.15, -0.1) is 0 Å². The number of carbonyl (C=O) groups is 1. The summed E-state index contributed by atoms with van der Waals surface area (Å²) in [6, 6.07) is 0.0446. The number of hydrogen-bond acceptors (Lipinski definition) is 3. The van der Waals surface area contributed by atoms with Crippen LogP contribution in [0.3, 0.4) is 0 Å². The van der Waals surface area contributed by atoms with Crippen LogP contribution in [0.1, 0.15) is 26.2 Å². The van der Waals surface area contributed by atoms with Gasteiger partial charge < -0.3 is 20.7 Å². The predicted octanol–water partition coefficient (Wildman–Crippen LogP) is 0.792. The fraction of sp³-hybridized carbons (Fsp3) is 0.917. The van der Waals surface area contributed by atoms with Crippen molar-refractivity contribution in [2.75, 3.05) is 33.4 Å². The van der Waals surface area contributed by atoms with E-state index in [1.54, 1.807) is 7.11 Å². The molecule has 1 aliphatic rings. The second-order valence-corrected chi connectivity index (χ2v) is 4.91. The highest BCUT2D eigenvalue weighted by atomic mass is 16.5. The van der Waals surface area contributed by atoms with Gasteiger partial charge in [0.1, 0.15) is 0 Å². The summed E-state index contributed by atoms with van der Waals surface area (Å²) in [5.74, 6) is 0.745. The second kappa shape index (κ2) is 7.50. The minimum Gasteiger partial charge on any atom is -0.383 e. The number of hydrogen-bond donors (Lipinski definition) is 2. The molecule has 0 aromatic heterocycles. The number of methoxy groups -OCH3 is 1. The summed E-state index contributed by atoms with van der Waals surface area (Å²) in [5.41, 5.74) is 5.78. The summed E-state index contributed by atoms with van der Waals surface area (Å²) < 4.78 is 4.94. The minimum absolute atomic E-state index is 0.00155. The van der Waals surface area contributed by atoms with Crippen LogP contribution in [-0.2, 0) is 4.74 Å². The standard InChI is InChI=1S/C12H25N3O2/c1-10-4-7-15(8-5-10)12(16)14-6-3-11(13)9-17-2/h10-11H,3-9,13H2,1-2H3,(H,14,16). The number of ether oxygens (including phenoxy) is 1. The molecule has 17 heavy (non-hydrogen) atoms. The zero-order valence-corrected chi connectivity index (χ0v) is 10.9. The number of nitrogens with zero attached hydrogens (tertiary/aromatic N) is 1. The van der Waals surface area contributed by atoms with Crippen LogP contribution < -0.4 is 11.1 Å². The molecule has 1 heterocycles. The van der Waals surface area contributed by atoms with Crippen molar-refractivity contribution in [1.82, 2.24) is 10.2 Å². The van der Waals surface area contributed by atoms with Gasteiger partial charge in [0.05, 0.1) is 6.61 Å². The van der Waals surface area contributed by atoms with Gasteiger partial charge in [-0.1, -0.05) is 6.92 Å². The number of nitrogens with one attached hydrogen (secondary N) is 1. The highest BCUT2D eigenvalue weighted by molar-refractivity contribution is 5.74. The summed E-state index contributed by atoms with van der Waals surface area (Å²) in [5, 5.41) is 2.91. The Morgan fingerprint density at radius 1 is 1.53 bits per heavy atom. The summed E-state index contributed by atoms with van der Waals surface area (Å²) >= 11 is 0. The summed E-state index contributed by atoms with van der Waals surface area (Å²) in [7, 11) is 1.63.